The van der Waals surface area contributed by atoms with Crippen LogP contribution in [-0.4, -0.2) is 60.1 Å². The zero-order valence-electron chi connectivity index (χ0n) is 17.3. The lowest BCUT2D eigenvalue weighted by molar-refractivity contribution is -0.0496. The summed E-state index contributed by atoms with van der Waals surface area (Å²) in [6.45, 7) is 6.21. The molecule has 0 spiro atoms. The van der Waals surface area contributed by atoms with E-state index in [1.165, 1.54) is 0 Å². The van der Waals surface area contributed by atoms with Gasteiger partial charge in [0.25, 0.3) is 5.56 Å². The summed E-state index contributed by atoms with van der Waals surface area (Å²) in [6.07, 6.45) is 1.88. The molecule has 9 nitrogen and oxygen atoms in total. The Hall–Kier alpha value is -2.62. The van der Waals surface area contributed by atoms with Crippen LogP contribution in [0.3, 0.4) is 0 Å². The molecule has 1 saturated heterocycles. The second-order valence-electron chi connectivity index (χ2n) is 8.12. The molecule has 1 unspecified atom stereocenters. The summed E-state index contributed by atoms with van der Waals surface area (Å²) in [6, 6.07) is 4.27. The van der Waals surface area contributed by atoms with Gasteiger partial charge in [0.05, 0.1) is 11.0 Å². The van der Waals surface area contributed by atoms with Gasteiger partial charge in [0.2, 0.25) is 0 Å². The third-order valence-corrected chi connectivity index (χ3v) is 6.09. The minimum atomic E-state index is -1.28. The summed E-state index contributed by atoms with van der Waals surface area (Å²) >= 11 is 0. The first kappa shape index (κ1) is 20.6. The number of nitrogens with zero attached hydrogens (tertiary/aromatic N) is 4. The van der Waals surface area contributed by atoms with Crippen LogP contribution < -0.4 is 11.2 Å². The molecule has 1 fully saturated rings. The fraction of sp³-hybridized carbons (Fsp3) is 0.524. The lowest BCUT2D eigenvalue weighted by atomic mass is 10.1. The van der Waals surface area contributed by atoms with E-state index in [4.69, 9.17) is 0 Å². The average molecular weight is 413 g/mol. The summed E-state index contributed by atoms with van der Waals surface area (Å²) in [7, 11) is 0. The first-order valence-electron chi connectivity index (χ1n) is 10.4. The highest BCUT2D eigenvalue weighted by Crippen LogP contribution is 2.25. The van der Waals surface area contributed by atoms with Gasteiger partial charge in [-0.05, 0) is 69.3 Å². The molecule has 9 heteroatoms. The van der Waals surface area contributed by atoms with E-state index < -0.39 is 17.5 Å². The van der Waals surface area contributed by atoms with Crippen LogP contribution in [0.15, 0.2) is 21.7 Å². The molecule has 0 bridgehead atoms. The van der Waals surface area contributed by atoms with Crippen molar-refractivity contribution in [3.05, 3.63) is 44.1 Å². The van der Waals surface area contributed by atoms with Gasteiger partial charge in [-0.1, -0.05) is 0 Å². The van der Waals surface area contributed by atoms with Gasteiger partial charge < -0.3 is 14.8 Å². The molecule has 30 heavy (non-hydrogen) atoms. The van der Waals surface area contributed by atoms with E-state index in [0.29, 0.717) is 36.9 Å². The second-order valence-corrected chi connectivity index (χ2v) is 8.12. The number of aliphatic hydroxyl groups is 2. The number of hydrogen-bond donors (Lipinski definition) is 3. The molecular formula is C21H27N5O4. The maximum absolute atomic E-state index is 12.4. The number of aromatic amines is 1. The van der Waals surface area contributed by atoms with E-state index in [1.807, 2.05) is 30.5 Å². The molecule has 0 amide bonds. The Morgan fingerprint density at radius 3 is 2.70 bits per heavy atom. The molecule has 3 N–H and O–H groups in total. The number of hydrogen-bond acceptors (Lipinski definition) is 7. The number of rotatable bonds is 6. The van der Waals surface area contributed by atoms with Gasteiger partial charge in [-0.25, -0.2) is 9.78 Å². The highest BCUT2D eigenvalue weighted by molar-refractivity contribution is 5.81. The van der Waals surface area contributed by atoms with Gasteiger partial charge >= 0.3 is 5.69 Å². The van der Waals surface area contributed by atoms with Gasteiger partial charge in [-0.3, -0.25) is 14.7 Å². The van der Waals surface area contributed by atoms with Crippen molar-refractivity contribution in [3.63, 3.8) is 0 Å². The lowest BCUT2D eigenvalue weighted by Gasteiger charge is -2.26. The van der Waals surface area contributed by atoms with Crippen molar-refractivity contribution < 1.29 is 10.2 Å². The van der Waals surface area contributed by atoms with Crippen molar-refractivity contribution in [1.82, 2.24) is 24.4 Å². The summed E-state index contributed by atoms with van der Waals surface area (Å²) in [5.41, 5.74) is 2.65. The first-order chi connectivity index (χ1) is 14.3. The maximum atomic E-state index is 12.4. The number of fused-ring (bicyclic) bond motifs is 2. The Labute approximate surface area is 173 Å². The normalized spacial score (nSPS) is 17.6. The molecular weight excluding hydrogens is 386 g/mol. The first-order valence-corrected chi connectivity index (χ1v) is 10.4. The van der Waals surface area contributed by atoms with Crippen LogP contribution >= 0.6 is 0 Å². The van der Waals surface area contributed by atoms with E-state index in [9.17, 15) is 19.8 Å². The van der Waals surface area contributed by atoms with Crippen molar-refractivity contribution in [2.45, 2.75) is 58.4 Å². The second kappa shape index (κ2) is 8.25. The minimum absolute atomic E-state index is 0.159. The Bertz CT molecular complexity index is 1150. The fourth-order valence-electron chi connectivity index (χ4n) is 4.36. The summed E-state index contributed by atoms with van der Waals surface area (Å²) in [4.78, 5) is 37.4. The van der Waals surface area contributed by atoms with Crippen LogP contribution in [0.1, 0.15) is 36.8 Å². The largest absolute Gasteiger partial charge is 0.368 e. The Morgan fingerprint density at radius 2 is 1.93 bits per heavy atom. The van der Waals surface area contributed by atoms with Crippen molar-refractivity contribution in [3.8, 4) is 11.5 Å². The molecule has 0 aliphatic carbocycles. The monoisotopic (exact) mass is 413 g/mol. The number of nitrogens with one attached hydrogen (secondary N) is 1. The summed E-state index contributed by atoms with van der Waals surface area (Å²) in [5, 5.41) is 18.4. The molecule has 3 heterocycles. The SMILES string of the molecule is Cc1cc2nc3c(=O)[nH]c(=O)nc-3n(CCN3CCCC3CCC(O)O)c2cc1C. The van der Waals surface area contributed by atoms with E-state index in [-0.39, 0.29) is 5.69 Å². The molecule has 1 aromatic carbocycles. The van der Waals surface area contributed by atoms with Gasteiger partial charge in [0.15, 0.2) is 17.8 Å². The fourth-order valence-corrected chi connectivity index (χ4v) is 4.36. The van der Waals surface area contributed by atoms with Gasteiger partial charge in [-0.2, -0.15) is 4.98 Å². The maximum Gasteiger partial charge on any atom is 0.349 e. The van der Waals surface area contributed by atoms with Crippen LogP contribution in [0, 0.1) is 13.8 Å². The average Bonchev–Trinajstić information content (AvgIpc) is 3.13. The molecule has 3 aliphatic rings. The highest BCUT2D eigenvalue weighted by atomic mass is 16.5. The van der Waals surface area contributed by atoms with E-state index in [1.54, 1.807) is 0 Å². The third-order valence-electron chi connectivity index (χ3n) is 6.09. The minimum Gasteiger partial charge on any atom is -0.368 e. The summed E-state index contributed by atoms with van der Waals surface area (Å²) in [5.74, 6) is 0.293. The van der Waals surface area contributed by atoms with Crippen molar-refractivity contribution in [2.75, 3.05) is 13.1 Å². The Morgan fingerprint density at radius 1 is 1.17 bits per heavy atom. The van der Waals surface area contributed by atoms with Crippen molar-refractivity contribution in [1.29, 1.82) is 0 Å². The predicted molar refractivity (Wildman–Crippen MR) is 113 cm³/mol. The lowest BCUT2D eigenvalue weighted by Crippen LogP contribution is -2.34. The molecule has 0 saturated carbocycles. The van der Waals surface area contributed by atoms with Crippen LogP contribution in [0.25, 0.3) is 22.6 Å². The Kier molecular flexibility index (Phi) is 5.68. The molecule has 0 aromatic heterocycles. The van der Waals surface area contributed by atoms with Gasteiger partial charge in [0.1, 0.15) is 0 Å². The topological polar surface area (TPSA) is 124 Å². The van der Waals surface area contributed by atoms with Crippen LogP contribution in [0.2, 0.25) is 0 Å². The summed E-state index contributed by atoms with van der Waals surface area (Å²) < 4.78 is 1.91. The molecule has 1 atom stereocenters. The molecule has 3 aliphatic heterocycles. The predicted octanol–water partition coefficient (Wildman–Crippen LogP) is 0.757. The van der Waals surface area contributed by atoms with Crippen LogP contribution in [0.5, 0.6) is 0 Å². The molecule has 160 valence electrons. The number of benzene rings is 1. The van der Waals surface area contributed by atoms with Gasteiger partial charge in [-0.15, -0.1) is 0 Å². The smallest absolute Gasteiger partial charge is 0.349 e. The van der Waals surface area contributed by atoms with Crippen LogP contribution in [0.4, 0.5) is 0 Å². The van der Waals surface area contributed by atoms with E-state index in [2.05, 4.69) is 19.9 Å². The quantitative estimate of drug-likeness (QED) is 0.402. The number of likely N-dealkylation sites (tertiary alicyclic amines) is 1. The number of aryl methyl sites for hydroxylation is 2. The van der Waals surface area contributed by atoms with E-state index >= 15 is 0 Å². The van der Waals surface area contributed by atoms with Crippen molar-refractivity contribution >= 4 is 11.0 Å². The zero-order chi connectivity index (χ0) is 21.4. The molecule has 0 radical (unpaired) electrons. The van der Waals surface area contributed by atoms with Crippen molar-refractivity contribution in [2.24, 2.45) is 0 Å². The molecule has 1 aromatic rings. The third kappa shape index (κ3) is 4.00. The van der Waals surface area contributed by atoms with Crippen LogP contribution in [-0.2, 0) is 6.54 Å². The van der Waals surface area contributed by atoms with E-state index in [0.717, 1.165) is 42.5 Å². The highest BCUT2D eigenvalue weighted by Gasteiger charge is 2.26. The number of H-pyrrole nitrogens is 1. The number of aliphatic hydroxyl groups excluding tert-OH is 1. The number of aromatic nitrogens is 4. The standard InChI is InChI=1S/C21H27N5O4/c1-12-10-15-16(11-13(12)2)26(19-18(22-15)20(29)24-21(30)23-19)9-8-25-7-3-4-14(25)5-6-17(27)28/h10-11,14,17,27-28H,3-9H2,1-2H3,(H,24,29,30). The van der Waals surface area contributed by atoms with Gasteiger partial charge in [0, 0.05) is 19.1 Å². The zero-order valence-corrected chi connectivity index (χ0v) is 17.3. The molecule has 4 rings (SSSR count). The Balaban J connectivity index is 1.73.